The summed E-state index contributed by atoms with van der Waals surface area (Å²) in [5.41, 5.74) is 1.26. The highest BCUT2D eigenvalue weighted by Gasteiger charge is 2.50. The zero-order chi connectivity index (χ0) is 12.0. The number of fused-ring (bicyclic) bond motifs is 1. The first-order valence-corrected chi connectivity index (χ1v) is 7.41. The van der Waals surface area contributed by atoms with Crippen molar-refractivity contribution >= 4 is 5.71 Å². The van der Waals surface area contributed by atoms with Gasteiger partial charge in [-0.25, -0.2) is 0 Å². The Bertz CT molecular complexity index is 362. The Morgan fingerprint density at radius 2 is 2.00 bits per heavy atom. The lowest BCUT2D eigenvalue weighted by molar-refractivity contribution is -0.199. The topological polar surface area (TPSA) is 40.0 Å². The number of hydrogen-bond donors (Lipinski definition) is 0. The van der Waals surface area contributed by atoms with E-state index in [9.17, 15) is 0 Å². The maximum Gasteiger partial charge on any atom is 0.169 e. The van der Waals surface area contributed by atoms with E-state index in [2.05, 4.69) is 5.16 Å². The minimum atomic E-state index is -0.284. The SMILES string of the molecule is C1CCC2(CC1)OC[C@H]([C@H]1ON=C3CCC[C@H]31)O2. The molecule has 0 radical (unpaired) electrons. The van der Waals surface area contributed by atoms with E-state index in [1.54, 1.807) is 0 Å². The van der Waals surface area contributed by atoms with Gasteiger partial charge in [-0.3, -0.25) is 0 Å². The summed E-state index contributed by atoms with van der Waals surface area (Å²) in [5, 5.41) is 4.24. The van der Waals surface area contributed by atoms with Crippen molar-refractivity contribution < 1.29 is 14.3 Å². The molecule has 0 unspecified atom stereocenters. The van der Waals surface area contributed by atoms with E-state index >= 15 is 0 Å². The molecule has 4 aliphatic rings. The van der Waals surface area contributed by atoms with Crippen LogP contribution in [0.15, 0.2) is 5.16 Å². The lowest BCUT2D eigenvalue weighted by Crippen LogP contribution is -2.38. The van der Waals surface area contributed by atoms with Gasteiger partial charge in [0.25, 0.3) is 0 Å². The molecule has 2 saturated carbocycles. The average Bonchev–Trinajstić information content (AvgIpc) is 3.05. The number of nitrogens with zero attached hydrogens (tertiary/aromatic N) is 1. The molecule has 0 aromatic heterocycles. The Kier molecular flexibility index (Phi) is 2.62. The summed E-state index contributed by atoms with van der Waals surface area (Å²) in [5.74, 6) is 0.213. The van der Waals surface area contributed by atoms with E-state index in [1.807, 2.05) is 0 Å². The molecule has 0 amide bonds. The third-order valence-corrected chi connectivity index (χ3v) is 4.92. The fourth-order valence-electron chi connectivity index (χ4n) is 3.94. The van der Waals surface area contributed by atoms with Gasteiger partial charge in [-0.2, -0.15) is 0 Å². The summed E-state index contributed by atoms with van der Waals surface area (Å²) in [6.07, 6.45) is 9.64. The summed E-state index contributed by atoms with van der Waals surface area (Å²) >= 11 is 0. The molecule has 18 heavy (non-hydrogen) atoms. The molecule has 3 atom stereocenters. The number of rotatable bonds is 1. The molecule has 0 aromatic carbocycles. The molecule has 0 aromatic rings. The van der Waals surface area contributed by atoms with Gasteiger partial charge in [-0.05, 0) is 32.1 Å². The van der Waals surface area contributed by atoms with Crippen molar-refractivity contribution in [3.05, 3.63) is 0 Å². The minimum absolute atomic E-state index is 0.0902. The highest BCUT2D eigenvalue weighted by molar-refractivity contribution is 5.89. The van der Waals surface area contributed by atoms with Crippen LogP contribution in [0.1, 0.15) is 51.4 Å². The van der Waals surface area contributed by atoms with E-state index in [0.29, 0.717) is 12.5 Å². The zero-order valence-corrected chi connectivity index (χ0v) is 10.8. The number of ether oxygens (including phenoxy) is 2. The van der Waals surface area contributed by atoms with Crippen molar-refractivity contribution in [3.8, 4) is 0 Å². The third kappa shape index (κ3) is 1.69. The van der Waals surface area contributed by atoms with E-state index in [4.69, 9.17) is 14.3 Å². The van der Waals surface area contributed by atoms with Gasteiger partial charge in [0.15, 0.2) is 11.9 Å². The minimum Gasteiger partial charge on any atom is -0.389 e. The Balaban J connectivity index is 1.45. The summed E-state index contributed by atoms with van der Waals surface area (Å²) in [7, 11) is 0. The van der Waals surface area contributed by atoms with Crippen LogP contribution < -0.4 is 0 Å². The molecule has 3 fully saturated rings. The van der Waals surface area contributed by atoms with Crippen LogP contribution in [0, 0.1) is 5.92 Å². The Morgan fingerprint density at radius 1 is 1.11 bits per heavy atom. The summed E-state index contributed by atoms with van der Waals surface area (Å²) < 4.78 is 12.3. The maximum atomic E-state index is 6.26. The molecule has 1 spiro atoms. The molecule has 2 heterocycles. The quantitative estimate of drug-likeness (QED) is 0.719. The second-order valence-corrected chi connectivity index (χ2v) is 6.09. The summed E-state index contributed by atoms with van der Waals surface area (Å²) in [4.78, 5) is 5.62. The second-order valence-electron chi connectivity index (χ2n) is 6.09. The van der Waals surface area contributed by atoms with Crippen LogP contribution in [-0.2, 0) is 14.3 Å². The van der Waals surface area contributed by atoms with E-state index in [-0.39, 0.29) is 18.0 Å². The molecule has 4 heteroatoms. The van der Waals surface area contributed by atoms with Gasteiger partial charge >= 0.3 is 0 Å². The van der Waals surface area contributed by atoms with Crippen LogP contribution in [0.4, 0.5) is 0 Å². The summed E-state index contributed by atoms with van der Waals surface area (Å²) in [6, 6.07) is 0. The molecular weight excluding hydrogens is 230 g/mol. The smallest absolute Gasteiger partial charge is 0.169 e. The summed E-state index contributed by atoms with van der Waals surface area (Å²) in [6.45, 7) is 0.684. The monoisotopic (exact) mass is 251 g/mol. The van der Waals surface area contributed by atoms with E-state index in [1.165, 1.54) is 37.8 Å². The molecule has 4 rings (SSSR count). The van der Waals surface area contributed by atoms with Gasteiger partial charge in [0.05, 0.1) is 12.3 Å². The first-order chi connectivity index (χ1) is 8.86. The van der Waals surface area contributed by atoms with E-state index in [0.717, 1.165) is 19.3 Å². The lowest BCUT2D eigenvalue weighted by Gasteiger charge is -2.32. The fourth-order valence-corrected chi connectivity index (χ4v) is 3.94. The van der Waals surface area contributed by atoms with Crippen LogP contribution in [0.2, 0.25) is 0 Å². The van der Waals surface area contributed by atoms with Crippen molar-refractivity contribution in [2.24, 2.45) is 11.1 Å². The van der Waals surface area contributed by atoms with Gasteiger partial charge in [0, 0.05) is 18.8 Å². The van der Waals surface area contributed by atoms with Crippen LogP contribution in [0.5, 0.6) is 0 Å². The van der Waals surface area contributed by atoms with Gasteiger partial charge in [-0.1, -0.05) is 11.6 Å². The lowest BCUT2D eigenvalue weighted by atomic mass is 9.94. The Hall–Kier alpha value is -0.610. The molecule has 0 N–H and O–H groups in total. The first kappa shape index (κ1) is 11.2. The highest BCUT2D eigenvalue weighted by Crippen LogP contribution is 2.42. The van der Waals surface area contributed by atoms with Crippen molar-refractivity contribution in [2.45, 2.75) is 69.4 Å². The maximum absolute atomic E-state index is 6.26. The van der Waals surface area contributed by atoms with Crippen LogP contribution >= 0.6 is 0 Å². The fraction of sp³-hybridized carbons (Fsp3) is 0.929. The van der Waals surface area contributed by atoms with Gasteiger partial charge in [0.2, 0.25) is 0 Å². The first-order valence-electron chi connectivity index (χ1n) is 7.41. The second kappa shape index (κ2) is 4.20. The Labute approximate surface area is 108 Å². The molecule has 1 saturated heterocycles. The van der Waals surface area contributed by atoms with Crippen molar-refractivity contribution in [2.75, 3.05) is 6.61 Å². The molecule has 0 bridgehead atoms. The highest BCUT2D eigenvalue weighted by atomic mass is 16.8. The predicted octanol–water partition coefficient (Wildman–Crippen LogP) is 2.62. The van der Waals surface area contributed by atoms with E-state index < -0.39 is 0 Å². The van der Waals surface area contributed by atoms with Gasteiger partial charge < -0.3 is 14.3 Å². The number of oxime groups is 1. The van der Waals surface area contributed by atoms with Crippen molar-refractivity contribution in [1.29, 1.82) is 0 Å². The molecular formula is C14H21NO3. The van der Waals surface area contributed by atoms with Crippen LogP contribution in [0.3, 0.4) is 0 Å². The normalized spacial score (nSPS) is 41.8. The largest absolute Gasteiger partial charge is 0.389 e. The number of hydrogen-bond acceptors (Lipinski definition) is 4. The van der Waals surface area contributed by atoms with Crippen molar-refractivity contribution in [3.63, 3.8) is 0 Å². The van der Waals surface area contributed by atoms with Crippen molar-refractivity contribution in [1.82, 2.24) is 0 Å². The zero-order valence-electron chi connectivity index (χ0n) is 10.8. The Morgan fingerprint density at radius 3 is 2.89 bits per heavy atom. The molecule has 2 aliphatic carbocycles. The van der Waals surface area contributed by atoms with Crippen LogP contribution in [0.25, 0.3) is 0 Å². The van der Waals surface area contributed by atoms with Gasteiger partial charge in [-0.15, -0.1) is 0 Å². The molecule has 2 aliphatic heterocycles. The molecule has 4 nitrogen and oxygen atoms in total. The standard InChI is InChI=1S/C14H21NO3/c1-2-7-14(8-3-1)16-9-12(17-14)13-10-5-4-6-11(10)15-18-13/h10,12-13H,1-9H2/t10-,12-,13+/m1/s1. The van der Waals surface area contributed by atoms with Crippen LogP contribution in [-0.4, -0.2) is 30.3 Å². The third-order valence-electron chi connectivity index (χ3n) is 4.92. The van der Waals surface area contributed by atoms with Gasteiger partial charge in [0.1, 0.15) is 6.10 Å². The predicted molar refractivity (Wildman–Crippen MR) is 66.3 cm³/mol. The molecule has 100 valence electrons. The average molecular weight is 251 g/mol.